The number of nitrogens with one attached hydrogen (secondary N) is 1. The lowest BCUT2D eigenvalue weighted by molar-refractivity contribution is 0.0912. The lowest BCUT2D eigenvalue weighted by Gasteiger charge is -2.37. The SMILES string of the molecule is CC(c1cccnc1)N1CCC[C@H](CNC(=O)c2cc(Oc3ccc(F)cc3)ccn2)C1. The summed E-state index contributed by atoms with van der Waals surface area (Å²) in [4.78, 5) is 23.5. The number of ether oxygens (including phenoxy) is 1. The van der Waals surface area contributed by atoms with E-state index in [4.69, 9.17) is 4.74 Å². The molecule has 1 N–H and O–H groups in total. The zero-order valence-electron chi connectivity index (χ0n) is 18.1. The maximum absolute atomic E-state index is 13.1. The Morgan fingerprint density at radius 2 is 2.06 bits per heavy atom. The van der Waals surface area contributed by atoms with Gasteiger partial charge in [0.25, 0.3) is 5.91 Å². The van der Waals surface area contributed by atoms with Crippen LogP contribution in [0.25, 0.3) is 0 Å². The van der Waals surface area contributed by atoms with Crippen molar-refractivity contribution in [2.75, 3.05) is 19.6 Å². The Kier molecular flexibility index (Phi) is 7.07. The molecule has 1 saturated heterocycles. The zero-order valence-corrected chi connectivity index (χ0v) is 18.1. The van der Waals surface area contributed by atoms with Crippen LogP contribution in [0, 0.1) is 11.7 Å². The second-order valence-corrected chi connectivity index (χ2v) is 8.11. The number of amides is 1. The predicted molar refractivity (Wildman–Crippen MR) is 120 cm³/mol. The number of benzene rings is 1. The minimum absolute atomic E-state index is 0.230. The molecule has 2 atom stereocenters. The minimum Gasteiger partial charge on any atom is -0.457 e. The third-order valence-electron chi connectivity index (χ3n) is 5.83. The van der Waals surface area contributed by atoms with Gasteiger partial charge in [-0.2, -0.15) is 0 Å². The van der Waals surface area contributed by atoms with E-state index in [1.165, 1.54) is 36.0 Å². The molecular formula is C25H27FN4O2. The maximum atomic E-state index is 13.1. The summed E-state index contributed by atoms with van der Waals surface area (Å²) in [6.45, 7) is 4.77. The quantitative estimate of drug-likeness (QED) is 0.588. The molecule has 0 aliphatic carbocycles. The average Bonchev–Trinajstić information content (AvgIpc) is 2.84. The van der Waals surface area contributed by atoms with Gasteiger partial charge >= 0.3 is 0 Å². The molecule has 3 heterocycles. The largest absolute Gasteiger partial charge is 0.457 e. The molecule has 3 aromatic rings. The summed E-state index contributed by atoms with van der Waals surface area (Å²) in [5, 5.41) is 3.02. The van der Waals surface area contributed by atoms with Gasteiger partial charge in [0, 0.05) is 43.8 Å². The van der Waals surface area contributed by atoms with Gasteiger partial charge in [0.2, 0.25) is 0 Å². The van der Waals surface area contributed by atoms with E-state index in [2.05, 4.69) is 33.2 Å². The Bertz CT molecular complexity index is 1030. The minimum atomic E-state index is -0.330. The van der Waals surface area contributed by atoms with E-state index in [1.54, 1.807) is 18.3 Å². The topological polar surface area (TPSA) is 67.4 Å². The predicted octanol–water partition coefficient (Wildman–Crippen LogP) is 4.61. The number of rotatable bonds is 7. The van der Waals surface area contributed by atoms with E-state index in [9.17, 15) is 9.18 Å². The van der Waals surface area contributed by atoms with Crippen molar-refractivity contribution in [3.63, 3.8) is 0 Å². The molecule has 166 valence electrons. The van der Waals surface area contributed by atoms with Gasteiger partial charge in [0.15, 0.2) is 0 Å². The van der Waals surface area contributed by atoms with Crippen molar-refractivity contribution in [1.29, 1.82) is 0 Å². The molecule has 1 aliphatic heterocycles. The maximum Gasteiger partial charge on any atom is 0.270 e. The fourth-order valence-electron chi connectivity index (χ4n) is 4.01. The van der Waals surface area contributed by atoms with E-state index in [1.807, 2.05) is 12.3 Å². The van der Waals surface area contributed by atoms with Crippen LogP contribution in [-0.4, -0.2) is 40.4 Å². The first-order valence-corrected chi connectivity index (χ1v) is 10.9. The van der Waals surface area contributed by atoms with Gasteiger partial charge in [0.1, 0.15) is 23.0 Å². The summed E-state index contributed by atoms with van der Waals surface area (Å²) in [7, 11) is 0. The first-order chi connectivity index (χ1) is 15.6. The number of pyridine rings is 2. The van der Waals surface area contributed by atoms with Crippen molar-refractivity contribution in [1.82, 2.24) is 20.2 Å². The normalized spacial score (nSPS) is 17.5. The second kappa shape index (κ2) is 10.3. The summed E-state index contributed by atoms with van der Waals surface area (Å²) in [6.07, 6.45) is 7.43. The third kappa shape index (κ3) is 5.68. The highest BCUT2D eigenvalue weighted by Crippen LogP contribution is 2.26. The van der Waals surface area contributed by atoms with Crippen LogP contribution in [-0.2, 0) is 0 Å². The van der Waals surface area contributed by atoms with E-state index in [-0.39, 0.29) is 11.7 Å². The van der Waals surface area contributed by atoms with Gasteiger partial charge in [-0.05, 0) is 74.2 Å². The fourth-order valence-corrected chi connectivity index (χ4v) is 4.01. The first-order valence-electron chi connectivity index (χ1n) is 10.9. The number of hydrogen-bond donors (Lipinski definition) is 1. The van der Waals surface area contributed by atoms with Gasteiger partial charge in [-0.1, -0.05) is 6.07 Å². The number of hydrogen-bond acceptors (Lipinski definition) is 5. The van der Waals surface area contributed by atoms with E-state index >= 15 is 0 Å². The Morgan fingerprint density at radius 1 is 1.22 bits per heavy atom. The van der Waals surface area contributed by atoms with Gasteiger partial charge in [0.05, 0.1) is 0 Å². The lowest BCUT2D eigenvalue weighted by atomic mass is 9.95. The average molecular weight is 435 g/mol. The molecule has 1 aromatic carbocycles. The molecule has 0 bridgehead atoms. The lowest BCUT2D eigenvalue weighted by Crippen LogP contribution is -2.42. The summed E-state index contributed by atoms with van der Waals surface area (Å²) in [5.41, 5.74) is 1.50. The Labute approximate surface area is 187 Å². The van der Waals surface area contributed by atoms with Crippen molar-refractivity contribution in [3.05, 3.63) is 84.2 Å². The molecular weight excluding hydrogens is 407 g/mol. The smallest absolute Gasteiger partial charge is 0.270 e. The summed E-state index contributed by atoms with van der Waals surface area (Å²) < 4.78 is 18.8. The number of halogens is 1. The number of nitrogens with zero attached hydrogens (tertiary/aromatic N) is 3. The number of carbonyl (C=O) groups excluding carboxylic acids is 1. The molecule has 6 nitrogen and oxygen atoms in total. The van der Waals surface area contributed by atoms with Crippen LogP contribution in [0.15, 0.2) is 67.1 Å². The number of piperidine rings is 1. The third-order valence-corrected chi connectivity index (χ3v) is 5.83. The number of carbonyl (C=O) groups is 1. The van der Waals surface area contributed by atoms with Crippen LogP contribution < -0.4 is 10.1 Å². The van der Waals surface area contributed by atoms with Gasteiger partial charge in [-0.3, -0.25) is 19.7 Å². The van der Waals surface area contributed by atoms with Gasteiger partial charge in [-0.15, -0.1) is 0 Å². The Balaban J connectivity index is 1.32. The molecule has 1 unspecified atom stereocenters. The summed E-state index contributed by atoms with van der Waals surface area (Å²) in [6, 6.07) is 13.4. The van der Waals surface area contributed by atoms with Crippen LogP contribution >= 0.6 is 0 Å². The molecule has 4 rings (SSSR count). The highest BCUT2D eigenvalue weighted by molar-refractivity contribution is 5.92. The standard InChI is InChI=1S/C25H27FN4O2/c1-18(20-5-2-11-27-16-20)30-13-3-4-19(17-30)15-29-25(31)24-14-23(10-12-28-24)32-22-8-6-21(26)7-9-22/h2,5-12,14,16,18-19H,3-4,13,15,17H2,1H3,(H,29,31)/t18?,19-/m1/s1. The molecule has 0 saturated carbocycles. The van der Waals surface area contributed by atoms with Gasteiger partial charge in [-0.25, -0.2) is 4.39 Å². The van der Waals surface area contributed by atoms with Crippen molar-refractivity contribution in [2.45, 2.75) is 25.8 Å². The van der Waals surface area contributed by atoms with Crippen LogP contribution in [0.4, 0.5) is 4.39 Å². The molecule has 0 radical (unpaired) electrons. The molecule has 1 amide bonds. The molecule has 2 aromatic heterocycles. The summed E-state index contributed by atoms with van der Waals surface area (Å²) >= 11 is 0. The second-order valence-electron chi connectivity index (χ2n) is 8.11. The van der Waals surface area contributed by atoms with E-state index in [0.717, 1.165) is 25.9 Å². The van der Waals surface area contributed by atoms with Crippen molar-refractivity contribution >= 4 is 5.91 Å². The Hall–Kier alpha value is -3.32. The molecule has 0 spiro atoms. The number of likely N-dealkylation sites (tertiary alicyclic amines) is 1. The Morgan fingerprint density at radius 3 is 2.84 bits per heavy atom. The number of aromatic nitrogens is 2. The van der Waals surface area contributed by atoms with Crippen LogP contribution in [0.2, 0.25) is 0 Å². The summed E-state index contributed by atoms with van der Waals surface area (Å²) in [5.74, 6) is 0.792. The fraction of sp³-hybridized carbons (Fsp3) is 0.320. The monoisotopic (exact) mass is 434 g/mol. The van der Waals surface area contributed by atoms with E-state index in [0.29, 0.717) is 35.7 Å². The van der Waals surface area contributed by atoms with Gasteiger partial charge < -0.3 is 10.1 Å². The highest BCUT2D eigenvalue weighted by Gasteiger charge is 2.25. The van der Waals surface area contributed by atoms with Crippen LogP contribution in [0.1, 0.15) is 41.9 Å². The molecule has 1 fully saturated rings. The highest BCUT2D eigenvalue weighted by atomic mass is 19.1. The zero-order chi connectivity index (χ0) is 22.3. The van der Waals surface area contributed by atoms with Crippen molar-refractivity contribution in [3.8, 4) is 11.5 Å². The first kappa shape index (κ1) is 21.9. The van der Waals surface area contributed by atoms with Crippen LogP contribution in [0.3, 0.4) is 0 Å². The molecule has 7 heteroatoms. The van der Waals surface area contributed by atoms with Crippen molar-refractivity contribution < 1.29 is 13.9 Å². The molecule has 1 aliphatic rings. The van der Waals surface area contributed by atoms with Crippen LogP contribution in [0.5, 0.6) is 11.5 Å². The van der Waals surface area contributed by atoms with E-state index < -0.39 is 0 Å². The van der Waals surface area contributed by atoms with Crippen molar-refractivity contribution in [2.24, 2.45) is 5.92 Å². The molecule has 32 heavy (non-hydrogen) atoms.